The van der Waals surface area contributed by atoms with Crippen LogP contribution in [0.3, 0.4) is 0 Å². The minimum absolute atomic E-state index is 0.0385. The Morgan fingerprint density at radius 3 is 2.36 bits per heavy atom. The summed E-state index contributed by atoms with van der Waals surface area (Å²) >= 11 is 3.18. The Morgan fingerprint density at radius 2 is 1.70 bits per heavy atom. The van der Waals surface area contributed by atoms with Crippen molar-refractivity contribution < 1.29 is 17.6 Å². The van der Waals surface area contributed by atoms with Crippen LogP contribution in [0.4, 0.5) is 10.1 Å². The number of rotatable bonds is 11. The summed E-state index contributed by atoms with van der Waals surface area (Å²) in [5, 5.41) is 2.77. The maximum absolute atomic E-state index is 13.9. The normalized spacial score (nSPS) is 11.2. The summed E-state index contributed by atoms with van der Waals surface area (Å²) in [5.74, 6) is -0.213. The smallest absolute Gasteiger partial charge is 0.264 e. The van der Waals surface area contributed by atoms with Crippen molar-refractivity contribution in [2.45, 2.75) is 21.1 Å². The van der Waals surface area contributed by atoms with E-state index in [1.165, 1.54) is 42.1 Å². The molecule has 9 heteroatoms. The van der Waals surface area contributed by atoms with Crippen molar-refractivity contribution in [2.75, 3.05) is 29.4 Å². The van der Waals surface area contributed by atoms with Gasteiger partial charge in [0.05, 0.1) is 10.6 Å². The van der Waals surface area contributed by atoms with Crippen LogP contribution in [0.2, 0.25) is 0 Å². The molecule has 0 radical (unpaired) electrons. The second-order valence-electron chi connectivity index (χ2n) is 7.03. The molecule has 174 valence electrons. The van der Waals surface area contributed by atoms with Gasteiger partial charge < -0.3 is 5.32 Å². The van der Waals surface area contributed by atoms with Crippen LogP contribution in [0, 0.1) is 5.82 Å². The predicted molar refractivity (Wildman–Crippen MR) is 134 cm³/mol. The molecular formula is C24H25FN2O3S3. The van der Waals surface area contributed by atoms with Crippen molar-refractivity contribution >= 4 is 45.1 Å². The Balaban J connectivity index is 1.67. The van der Waals surface area contributed by atoms with Crippen LogP contribution < -0.4 is 9.62 Å². The molecule has 0 aliphatic carbocycles. The summed E-state index contributed by atoms with van der Waals surface area (Å²) in [6, 6.07) is 21.6. The molecule has 0 saturated heterocycles. The summed E-state index contributed by atoms with van der Waals surface area (Å²) in [6.07, 6.45) is 2.62. The second-order valence-corrected chi connectivity index (χ2v) is 10.9. The molecule has 0 spiro atoms. The number of hydrogen-bond acceptors (Lipinski definition) is 5. The minimum atomic E-state index is -4.07. The van der Waals surface area contributed by atoms with E-state index >= 15 is 0 Å². The molecule has 0 unspecified atom stereocenters. The van der Waals surface area contributed by atoms with Gasteiger partial charge in [-0.05, 0) is 73.0 Å². The van der Waals surface area contributed by atoms with Gasteiger partial charge in [-0.15, -0.1) is 23.5 Å². The summed E-state index contributed by atoms with van der Waals surface area (Å²) in [6.45, 7) is -0.0278. The number of benzene rings is 3. The molecule has 1 N–H and O–H groups in total. The van der Waals surface area contributed by atoms with Crippen LogP contribution in [0.15, 0.2) is 93.5 Å². The van der Waals surface area contributed by atoms with Crippen LogP contribution in [0.1, 0.15) is 6.42 Å². The summed E-state index contributed by atoms with van der Waals surface area (Å²) < 4.78 is 41.4. The van der Waals surface area contributed by atoms with E-state index in [0.717, 1.165) is 32.3 Å². The fraction of sp³-hybridized carbons (Fsp3) is 0.208. The molecule has 0 aliphatic heterocycles. The van der Waals surface area contributed by atoms with Crippen molar-refractivity contribution in [1.82, 2.24) is 5.32 Å². The molecule has 0 aliphatic rings. The molecule has 3 aromatic rings. The summed E-state index contributed by atoms with van der Waals surface area (Å²) in [7, 11) is -4.07. The standard InChI is InChI=1S/C24H25FN2O3S3/c1-31-21-11-13-23(14-12-21)33(29,30)27(20-8-5-7-19(25)17-20)18-24(28)26-15-6-16-32-22-9-3-2-4-10-22/h2-5,7-14,17H,6,15-16,18H2,1H3,(H,26,28). The molecule has 0 heterocycles. The fourth-order valence-electron chi connectivity index (χ4n) is 3.01. The van der Waals surface area contributed by atoms with Crippen LogP contribution in [-0.2, 0) is 14.8 Å². The maximum atomic E-state index is 13.9. The lowest BCUT2D eigenvalue weighted by molar-refractivity contribution is -0.119. The van der Waals surface area contributed by atoms with E-state index in [0.29, 0.717) is 6.54 Å². The average Bonchev–Trinajstić information content (AvgIpc) is 2.83. The number of nitrogens with zero attached hydrogens (tertiary/aromatic N) is 1. The minimum Gasteiger partial charge on any atom is -0.354 e. The monoisotopic (exact) mass is 504 g/mol. The maximum Gasteiger partial charge on any atom is 0.264 e. The number of nitrogens with one attached hydrogen (secondary N) is 1. The van der Waals surface area contributed by atoms with Crippen molar-refractivity contribution in [3.05, 3.63) is 84.7 Å². The molecule has 3 aromatic carbocycles. The molecule has 0 bridgehead atoms. The number of carbonyl (C=O) groups excluding carboxylic acids is 1. The van der Waals surface area contributed by atoms with Gasteiger partial charge >= 0.3 is 0 Å². The highest BCUT2D eigenvalue weighted by Gasteiger charge is 2.27. The molecule has 0 saturated carbocycles. The number of sulfonamides is 1. The van der Waals surface area contributed by atoms with E-state index in [1.807, 2.05) is 36.6 Å². The van der Waals surface area contributed by atoms with Crippen LogP contribution >= 0.6 is 23.5 Å². The fourth-order valence-corrected chi connectivity index (χ4v) is 5.71. The van der Waals surface area contributed by atoms with Gasteiger partial charge in [0.25, 0.3) is 10.0 Å². The Morgan fingerprint density at radius 1 is 0.970 bits per heavy atom. The highest BCUT2D eigenvalue weighted by molar-refractivity contribution is 7.99. The van der Waals surface area contributed by atoms with Gasteiger partial charge in [-0.25, -0.2) is 12.8 Å². The highest BCUT2D eigenvalue weighted by Crippen LogP contribution is 2.26. The topological polar surface area (TPSA) is 66.5 Å². The first-order valence-electron chi connectivity index (χ1n) is 10.3. The van der Waals surface area contributed by atoms with Crippen LogP contribution in [0.25, 0.3) is 0 Å². The van der Waals surface area contributed by atoms with Gasteiger partial charge in [-0.1, -0.05) is 24.3 Å². The third-order valence-corrected chi connectivity index (χ3v) is 8.32. The molecule has 0 atom stereocenters. The first-order valence-corrected chi connectivity index (χ1v) is 13.9. The third-order valence-electron chi connectivity index (χ3n) is 4.69. The predicted octanol–water partition coefficient (Wildman–Crippen LogP) is 5.04. The Bertz CT molecular complexity index is 1160. The van der Waals surface area contributed by atoms with E-state index in [9.17, 15) is 17.6 Å². The van der Waals surface area contributed by atoms with Gasteiger partial charge in [0, 0.05) is 16.3 Å². The quantitative estimate of drug-likeness (QED) is 0.293. The molecule has 5 nitrogen and oxygen atoms in total. The highest BCUT2D eigenvalue weighted by atomic mass is 32.2. The van der Waals surface area contributed by atoms with Crippen molar-refractivity contribution in [1.29, 1.82) is 0 Å². The van der Waals surface area contributed by atoms with Crippen molar-refractivity contribution in [3.8, 4) is 0 Å². The van der Waals surface area contributed by atoms with E-state index in [-0.39, 0.29) is 10.6 Å². The number of thioether (sulfide) groups is 2. The third kappa shape index (κ3) is 7.25. The molecule has 0 aromatic heterocycles. The number of amides is 1. The van der Waals surface area contributed by atoms with Gasteiger partial charge in [-0.3, -0.25) is 9.10 Å². The SMILES string of the molecule is CSc1ccc(S(=O)(=O)N(CC(=O)NCCCSc2ccccc2)c2cccc(F)c2)cc1. The van der Waals surface area contributed by atoms with Gasteiger partial charge in [-0.2, -0.15) is 0 Å². The van der Waals surface area contributed by atoms with E-state index in [4.69, 9.17) is 0 Å². The summed E-state index contributed by atoms with van der Waals surface area (Å²) in [5.41, 5.74) is 0.0960. The molecule has 1 amide bonds. The second kappa shape index (κ2) is 12.1. The molecule has 33 heavy (non-hydrogen) atoms. The van der Waals surface area contributed by atoms with E-state index in [2.05, 4.69) is 5.32 Å². The van der Waals surface area contributed by atoms with Gasteiger partial charge in [0.15, 0.2) is 0 Å². The lowest BCUT2D eigenvalue weighted by Crippen LogP contribution is -2.41. The van der Waals surface area contributed by atoms with Crippen LogP contribution in [0.5, 0.6) is 0 Å². The Labute approximate surface area is 202 Å². The number of anilines is 1. The zero-order chi connectivity index (χ0) is 23.7. The Hall–Kier alpha value is -2.49. The average molecular weight is 505 g/mol. The molecule has 0 fully saturated rings. The Kier molecular flexibility index (Phi) is 9.22. The van der Waals surface area contributed by atoms with Crippen molar-refractivity contribution in [3.63, 3.8) is 0 Å². The van der Waals surface area contributed by atoms with Gasteiger partial charge in [0.1, 0.15) is 12.4 Å². The van der Waals surface area contributed by atoms with Crippen LogP contribution in [-0.4, -0.2) is 39.4 Å². The first kappa shape index (κ1) is 25.1. The number of halogens is 1. The van der Waals surface area contributed by atoms with E-state index < -0.39 is 28.3 Å². The first-order chi connectivity index (χ1) is 15.9. The number of carbonyl (C=O) groups is 1. The van der Waals surface area contributed by atoms with E-state index in [1.54, 1.807) is 23.9 Å². The van der Waals surface area contributed by atoms with Crippen molar-refractivity contribution in [2.24, 2.45) is 0 Å². The zero-order valence-electron chi connectivity index (χ0n) is 18.1. The van der Waals surface area contributed by atoms with Gasteiger partial charge in [0.2, 0.25) is 5.91 Å². The number of hydrogen-bond donors (Lipinski definition) is 1. The summed E-state index contributed by atoms with van der Waals surface area (Å²) in [4.78, 5) is 14.7. The zero-order valence-corrected chi connectivity index (χ0v) is 20.6. The molecular weight excluding hydrogens is 479 g/mol. The molecule has 3 rings (SSSR count). The largest absolute Gasteiger partial charge is 0.354 e. The lowest BCUT2D eigenvalue weighted by Gasteiger charge is -2.24. The lowest BCUT2D eigenvalue weighted by atomic mass is 10.3.